The lowest BCUT2D eigenvalue weighted by atomic mass is 9.74. The fraction of sp³-hybridized carbons (Fsp3) is 0.846. The predicted octanol–water partition coefficient (Wildman–Crippen LogP) is 1.69. The molecule has 17 heavy (non-hydrogen) atoms. The van der Waals surface area contributed by atoms with Gasteiger partial charge in [0, 0.05) is 13.5 Å². The molecule has 2 saturated carbocycles. The lowest BCUT2D eigenvalue weighted by Gasteiger charge is -2.36. The Morgan fingerprint density at radius 3 is 2.88 bits per heavy atom. The molecule has 3 rings (SSSR count). The maximum absolute atomic E-state index is 10.7. The molecule has 0 bridgehead atoms. The summed E-state index contributed by atoms with van der Waals surface area (Å²) in [5, 5.41) is 14.8. The van der Waals surface area contributed by atoms with Gasteiger partial charge in [0.2, 0.25) is 0 Å². The fourth-order valence-electron chi connectivity index (χ4n) is 3.29. The first-order valence-corrected chi connectivity index (χ1v) is 6.71. The van der Waals surface area contributed by atoms with Gasteiger partial charge in [-0.2, -0.15) is 5.10 Å². The lowest BCUT2D eigenvalue weighted by Crippen LogP contribution is -2.38. The Balaban J connectivity index is 1.69. The van der Waals surface area contributed by atoms with Crippen LogP contribution in [-0.2, 0) is 13.5 Å². The van der Waals surface area contributed by atoms with Gasteiger partial charge in [0.15, 0.2) is 0 Å². The molecule has 0 aliphatic heterocycles. The highest BCUT2D eigenvalue weighted by Gasteiger charge is 2.41. The second-order valence-corrected chi connectivity index (χ2v) is 5.89. The molecule has 1 heterocycles. The summed E-state index contributed by atoms with van der Waals surface area (Å²) in [6.07, 6.45) is 9.34. The SMILES string of the molecule is Cn1ncnc1CC1(O)CCCC(C2CC2)C1. The van der Waals surface area contributed by atoms with Gasteiger partial charge in [0.1, 0.15) is 12.2 Å². The molecule has 1 N–H and O–H groups in total. The summed E-state index contributed by atoms with van der Waals surface area (Å²) in [4.78, 5) is 4.23. The van der Waals surface area contributed by atoms with Crippen molar-refractivity contribution in [3.05, 3.63) is 12.2 Å². The van der Waals surface area contributed by atoms with Crippen LogP contribution in [0.15, 0.2) is 6.33 Å². The molecule has 0 saturated heterocycles. The molecule has 0 radical (unpaired) electrons. The van der Waals surface area contributed by atoms with Crippen molar-refractivity contribution in [2.24, 2.45) is 18.9 Å². The second-order valence-electron chi connectivity index (χ2n) is 5.89. The minimum atomic E-state index is -0.535. The van der Waals surface area contributed by atoms with Crippen molar-refractivity contribution in [3.63, 3.8) is 0 Å². The molecule has 2 aliphatic carbocycles. The molecule has 2 atom stereocenters. The van der Waals surface area contributed by atoms with Crippen molar-refractivity contribution in [2.45, 2.75) is 50.5 Å². The molecular weight excluding hydrogens is 214 g/mol. The molecule has 2 aliphatic rings. The Bertz CT molecular complexity index is 399. The van der Waals surface area contributed by atoms with Crippen LogP contribution in [0.4, 0.5) is 0 Å². The Morgan fingerprint density at radius 2 is 2.24 bits per heavy atom. The molecule has 1 aromatic rings. The first kappa shape index (κ1) is 11.2. The monoisotopic (exact) mass is 235 g/mol. The van der Waals surface area contributed by atoms with Crippen LogP contribution in [0.2, 0.25) is 0 Å². The van der Waals surface area contributed by atoms with E-state index in [1.165, 1.54) is 19.3 Å². The molecular formula is C13H21N3O. The highest BCUT2D eigenvalue weighted by Crippen LogP contribution is 2.47. The standard InChI is InChI=1S/C13H21N3O/c1-16-12(14-9-15-16)8-13(17)6-2-3-11(7-13)10-4-5-10/h9-11,17H,2-8H2,1H3. The maximum Gasteiger partial charge on any atom is 0.138 e. The van der Waals surface area contributed by atoms with E-state index in [2.05, 4.69) is 10.1 Å². The van der Waals surface area contributed by atoms with E-state index in [0.29, 0.717) is 6.42 Å². The van der Waals surface area contributed by atoms with E-state index in [0.717, 1.165) is 36.9 Å². The van der Waals surface area contributed by atoms with Crippen LogP contribution in [-0.4, -0.2) is 25.5 Å². The van der Waals surface area contributed by atoms with E-state index in [-0.39, 0.29) is 0 Å². The van der Waals surface area contributed by atoms with E-state index < -0.39 is 5.60 Å². The number of hydrogen-bond acceptors (Lipinski definition) is 3. The minimum absolute atomic E-state index is 0.535. The summed E-state index contributed by atoms with van der Waals surface area (Å²) in [7, 11) is 1.90. The maximum atomic E-state index is 10.7. The van der Waals surface area contributed by atoms with Crippen LogP contribution in [0.1, 0.15) is 44.3 Å². The highest BCUT2D eigenvalue weighted by atomic mass is 16.3. The van der Waals surface area contributed by atoms with Crippen LogP contribution in [0.5, 0.6) is 0 Å². The van der Waals surface area contributed by atoms with Gasteiger partial charge in [-0.3, -0.25) is 4.68 Å². The Labute approximate surface area is 102 Å². The molecule has 0 amide bonds. The lowest BCUT2D eigenvalue weighted by molar-refractivity contribution is -0.0216. The molecule has 2 fully saturated rings. The number of aryl methyl sites for hydroxylation is 1. The van der Waals surface area contributed by atoms with Gasteiger partial charge in [-0.15, -0.1) is 0 Å². The third kappa shape index (κ3) is 2.37. The normalized spacial score (nSPS) is 33.9. The second kappa shape index (κ2) is 4.09. The number of rotatable bonds is 3. The fourth-order valence-corrected chi connectivity index (χ4v) is 3.29. The average molecular weight is 235 g/mol. The van der Waals surface area contributed by atoms with E-state index >= 15 is 0 Å². The van der Waals surface area contributed by atoms with Crippen molar-refractivity contribution in [2.75, 3.05) is 0 Å². The van der Waals surface area contributed by atoms with E-state index in [9.17, 15) is 5.11 Å². The van der Waals surface area contributed by atoms with Crippen molar-refractivity contribution < 1.29 is 5.11 Å². The first-order valence-electron chi connectivity index (χ1n) is 6.71. The van der Waals surface area contributed by atoms with Gasteiger partial charge in [0.25, 0.3) is 0 Å². The van der Waals surface area contributed by atoms with Crippen LogP contribution in [0.3, 0.4) is 0 Å². The summed E-state index contributed by atoms with van der Waals surface area (Å²) in [6.45, 7) is 0. The molecule has 4 heteroatoms. The van der Waals surface area contributed by atoms with Gasteiger partial charge in [-0.25, -0.2) is 4.98 Å². The van der Waals surface area contributed by atoms with Crippen molar-refractivity contribution in [1.29, 1.82) is 0 Å². The van der Waals surface area contributed by atoms with Crippen molar-refractivity contribution >= 4 is 0 Å². The van der Waals surface area contributed by atoms with E-state index in [4.69, 9.17) is 0 Å². The topological polar surface area (TPSA) is 50.9 Å². The zero-order valence-corrected chi connectivity index (χ0v) is 10.5. The third-order valence-electron chi connectivity index (χ3n) is 4.44. The van der Waals surface area contributed by atoms with Gasteiger partial charge in [-0.05, 0) is 43.9 Å². The number of nitrogens with zero attached hydrogens (tertiary/aromatic N) is 3. The molecule has 94 valence electrons. The molecule has 0 spiro atoms. The summed E-state index contributed by atoms with van der Waals surface area (Å²) in [5.74, 6) is 2.56. The summed E-state index contributed by atoms with van der Waals surface area (Å²) in [5.41, 5.74) is -0.535. The Hall–Kier alpha value is -0.900. The molecule has 2 unspecified atom stereocenters. The zero-order chi connectivity index (χ0) is 11.9. The summed E-state index contributed by atoms with van der Waals surface area (Å²) in [6, 6.07) is 0. The van der Waals surface area contributed by atoms with Gasteiger partial charge in [0.05, 0.1) is 5.60 Å². The molecule has 4 nitrogen and oxygen atoms in total. The van der Waals surface area contributed by atoms with Crippen LogP contribution >= 0.6 is 0 Å². The Morgan fingerprint density at radius 1 is 1.41 bits per heavy atom. The van der Waals surface area contributed by atoms with Crippen LogP contribution in [0, 0.1) is 11.8 Å². The number of aromatic nitrogens is 3. The number of aliphatic hydroxyl groups is 1. The summed E-state index contributed by atoms with van der Waals surface area (Å²) < 4.78 is 1.78. The average Bonchev–Trinajstić information content (AvgIpc) is 3.06. The molecule has 1 aromatic heterocycles. The third-order valence-corrected chi connectivity index (χ3v) is 4.44. The van der Waals surface area contributed by atoms with E-state index in [1.54, 1.807) is 11.0 Å². The van der Waals surface area contributed by atoms with Crippen LogP contribution in [0.25, 0.3) is 0 Å². The van der Waals surface area contributed by atoms with Gasteiger partial charge in [-0.1, -0.05) is 6.42 Å². The van der Waals surface area contributed by atoms with Gasteiger partial charge >= 0.3 is 0 Å². The zero-order valence-electron chi connectivity index (χ0n) is 10.5. The smallest absolute Gasteiger partial charge is 0.138 e. The number of hydrogen-bond donors (Lipinski definition) is 1. The first-order chi connectivity index (χ1) is 8.16. The quantitative estimate of drug-likeness (QED) is 0.867. The summed E-state index contributed by atoms with van der Waals surface area (Å²) >= 11 is 0. The minimum Gasteiger partial charge on any atom is -0.389 e. The largest absolute Gasteiger partial charge is 0.389 e. The van der Waals surface area contributed by atoms with Crippen molar-refractivity contribution in [1.82, 2.24) is 14.8 Å². The Kier molecular flexibility index (Phi) is 2.69. The predicted molar refractivity (Wildman–Crippen MR) is 64.3 cm³/mol. The highest BCUT2D eigenvalue weighted by molar-refractivity contribution is 4.99. The molecule has 0 aromatic carbocycles. The van der Waals surface area contributed by atoms with E-state index in [1.807, 2.05) is 7.05 Å². The van der Waals surface area contributed by atoms with Gasteiger partial charge < -0.3 is 5.11 Å². The van der Waals surface area contributed by atoms with Crippen LogP contribution < -0.4 is 0 Å². The van der Waals surface area contributed by atoms with Crippen molar-refractivity contribution in [3.8, 4) is 0 Å².